The second-order valence-electron chi connectivity index (χ2n) is 7.68. The minimum Gasteiger partial charge on any atom is -0.354 e. The summed E-state index contributed by atoms with van der Waals surface area (Å²) in [6.45, 7) is 6.17. The first-order chi connectivity index (χ1) is 12.9. The Hall–Kier alpha value is -2.63. The number of likely N-dealkylation sites (tertiary alicyclic amines) is 1. The van der Waals surface area contributed by atoms with E-state index in [1.165, 1.54) is 4.57 Å². The molecule has 0 bridgehead atoms. The molecule has 2 amide bonds. The lowest BCUT2D eigenvalue weighted by Gasteiger charge is -2.35. The van der Waals surface area contributed by atoms with Crippen molar-refractivity contribution in [1.82, 2.24) is 14.8 Å². The third-order valence-corrected chi connectivity index (χ3v) is 5.08. The van der Waals surface area contributed by atoms with Gasteiger partial charge in [-0.25, -0.2) is 0 Å². The quantitative estimate of drug-likeness (QED) is 0.876. The average molecular weight is 369 g/mol. The van der Waals surface area contributed by atoms with Gasteiger partial charge in [-0.2, -0.15) is 0 Å². The number of benzene rings is 1. The normalized spacial score (nSPS) is 19.9. The largest absolute Gasteiger partial charge is 0.354 e. The Bertz CT molecular complexity index is 880. The smallest absolute Gasteiger partial charge is 0.258 e. The SMILES string of the molecule is C[C@@H]1C[C@H](C)CN(C(=O)CCNC(=O)Cn2ccc3ccccc3c2=O)C1. The lowest BCUT2D eigenvalue weighted by Crippen LogP contribution is -2.43. The summed E-state index contributed by atoms with van der Waals surface area (Å²) < 4.78 is 1.40. The summed E-state index contributed by atoms with van der Waals surface area (Å²) in [6.07, 6.45) is 3.07. The maximum atomic E-state index is 12.4. The molecule has 0 radical (unpaired) electrons. The molecule has 0 unspecified atom stereocenters. The molecule has 2 atom stereocenters. The van der Waals surface area contributed by atoms with E-state index in [-0.39, 0.29) is 30.3 Å². The van der Waals surface area contributed by atoms with Gasteiger partial charge in [-0.3, -0.25) is 14.4 Å². The Labute approximate surface area is 159 Å². The molecule has 1 fully saturated rings. The molecule has 27 heavy (non-hydrogen) atoms. The molecular weight excluding hydrogens is 342 g/mol. The number of nitrogens with zero attached hydrogens (tertiary/aromatic N) is 2. The predicted octanol–water partition coefficient (Wildman–Crippen LogP) is 2.01. The lowest BCUT2D eigenvalue weighted by atomic mass is 9.92. The fourth-order valence-corrected chi connectivity index (χ4v) is 3.90. The van der Waals surface area contributed by atoms with E-state index in [4.69, 9.17) is 0 Å². The van der Waals surface area contributed by atoms with E-state index in [1.807, 2.05) is 29.2 Å². The maximum Gasteiger partial charge on any atom is 0.258 e. The molecule has 6 nitrogen and oxygen atoms in total. The summed E-state index contributed by atoms with van der Waals surface area (Å²) in [5.41, 5.74) is -0.185. The molecule has 2 aromatic rings. The van der Waals surface area contributed by atoms with Gasteiger partial charge in [-0.05, 0) is 35.8 Å². The highest BCUT2D eigenvalue weighted by Crippen LogP contribution is 2.21. The van der Waals surface area contributed by atoms with Crippen molar-refractivity contribution in [2.45, 2.75) is 33.2 Å². The van der Waals surface area contributed by atoms with Crippen LogP contribution in [0, 0.1) is 11.8 Å². The zero-order valence-corrected chi connectivity index (χ0v) is 16.0. The summed E-state index contributed by atoms with van der Waals surface area (Å²) in [6, 6.07) is 9.13. The number of carbonyl (C=O) groups is 2. The van der Waals surface area contributed by atoms with Gasteiger partial charge in [-0.15, -0.1) is 0 Å². The van der Waals surface area contributed by atoms with Crippen LogP contribution in [-0.4, -0.2) is 40.9 Å². The van der Waals surface area contributed by atoms with Gasteiger partial charge < -0.3 is 14.8 Å². The highest BCUT2D eigenvalue weighted by atomic mass is 16.2. The van der Waals surface area contributed by atoms with E-state index < -0.39 is 0 Å². The van der Waals surface area contributed by atoms with Crippen molar-refractivity contribution < 1.29 is 9.59 Å². The van der Waals surface area contributed by atoms with Crippen LogP contribution in [0.1, 0.15) is 26.7 Å². The van der Waals surface area contributed by atoms with Crippen LogP contribution in [0.3, 0.4) is 0 Å². The van der Waals surface area contributed by atoms with Crippen molar-refractivity contribution >= 4 is 22.6 Å². The molecule has 1 N–H and O–H groups in total. The Kier molecular flexibility index (Phi) is 5.94. The number of aromatic nitrogens is 1. The van der Waals surface area contributed by atoms with E-state index in [0.29, 0.717) is 23.8 Å². The number of amides is 2. The van der Waals surface area contributed by atoms with Gasteiger partial charge in [0, 0.05) is 37.6 Å². The summed E-state index contributed by atoms with van der Waals surface area (Å²) in [7, 11) is 0. The number of carbonyl (C=O) groups excluding carboxylic acids is 2. The van der Waals surface area contributed by atoms with Crippen LogP contribution in [0.4, 0.5) is 0 Å². The lowest BCUT2D eigenvalue weighted by molar-refractivity contribution is -0.133. The second kappa shape index (κ2) is 8.37. The van der Waals surface area contributed by atoms with Gasteiger partial charge in [0.2, 0.25) is 11.8 Å². The molecule has 1 aromatic carbocycles. The number of rotatable bonds is 5. The predicted molar refractivity (Wildman–Crippen MR) is 105 cm³/mol. The van der Waals surface area contributed by atoms with Crippen LogP contribution < -0.4 is 10.9 Å². The van der Waals surface area contributed by atoms with Crippen LogP contribution in [-0.2, 0) is 16.1 Å². The zero-order chi connectivity index (χ0) is 19.4. The highest BCUT2D eigenvalue weighted by molar-refractivity contribution is 5.82. The molecule has 144 valence electrons. The molecular formula is C21H27N3O3. The van der Waals surface area contributed by atoms with Gasteiger partial charge in [0.05, 0.1) is 0 Å². The third-order valence-electron chi connectivity index (χ3n) is 5.08. The Morgan fingerprint density at radius 3 is 2.56 bits per heavy atom. The first-order valence-electron chi connectivity index (χ1n) is 9.56. The van der Waals surface area contributed by atoms with Crippen molar-refractivity contribution in [1.29, 1.82) is 0 Å². The van der Waals surface area contributed by atoms with Gasteiger partial charge in [-0.1, -0.05) is 32.0 Å². The number of fused-ring (bicyclic) bond motifs is 1. The van der Waals surface area contributed by atoms with E-state index in [1.54, 1.807) is 12.3 Å². The standard InChI is InChI=1S/C21H27N3O3/c1-15-11-16(2)13-24(12-15)20(26)7-9-22-19(25)14-23-10-8-17-5-3-4-6-18(17)21(23)27/h3-6,8,10,15-16H,7,9,11-14H2,1-2H3,(H,22,25)/t15-,16+. The molecule has 1 aliphatic rings. The third kappa shape index (κ3) is 4.76. The van der Waals surface area contributed by atoms with Crippen LogP contribution in [0.25, 0.3) is 10.8 Å². The van der Waals surface area contributed by atoms with Crippen LogP contribution in [0.5, 0.6) is 0 Å². The number of hydrogen-bond donors (Lipinski definition) is 1. The molecule has 1 aromatic heterocycles. The molecule has 0 aliphatic carbocycles. The summed E-state index contributed by atoms with van der Waals surface area (Å²) >= 11 is 0. The highest BCUT2D eigenvalue weighted by Gasteiger charge is 2.24. The topological polar surface area (TPSA) is 71.4 Å². The molecule has 0 spiro atoms. The average Bonchev–Trinajstić information content (AvgIpc) is 2.63. The van der Waals surface area contributed by atoms with Crippen LogP contribution >= 0.6 is 0 Å². The number of pyridine rings is 1. The van der Waals surface area contributed by atoms with Gasteiger partial charge in [0.25, 0.3) is 5.56 Å². The molecule has 2 heterocycles. The first kappa shape index (κ1) is 19.1. The van der Waals surface area contributed by atoms with Crippen molar-refractivity contribution in [3.8, 4) is 0 Å². The van der Waals surface area contributed by atoms with E-state index >= 15 is 0 Å². The zero-order valence-electron chi connectivity index (χ0n) is 16.0. The number of piperidine rings is 1. The fraction of sp³-hybridized carbons (Fsp3) is 0.476. The van der Waals surface area contributed by atoms with Gasteiger partial charge in [0.1, 0.15) is 6.54 Å². The Morgan fingerprint density at radius 2 is 1.81 bits per heavy atom. The fourth-order valence-electron chi connectivity index (χ4n) is 3.90. The van der Waals surface area contributed by atoms with Crippen LogP contribution in [0.15, 0.2) is 41.3 Å². The van der Waals surface area contributed by atoms with E-state index in [9.17, 15) is 14.4 Å². The minimum atomic E-state index is -0.263. The summed E-state index contributed by atoms with van der Waals surface area (Å²) in [5, 5.41) is 4.20. The van der Waals surface area contributed by atoms with Crippen molar-refractivity contribution in [3.05, 3.63) is 46.9 Å². The Balaban J connectivity index is 1.51. The van der Waals surface area contributed by atoms with Crippen molar-refractivity contribution in [2.75, 3.05) is 19.6 Å². The molecule has 1 aliphatic heterocycles. The molecule has 6 heteroatoms. The number of nitrogens with one attached hydrogen (secondary N) is 1. The van der Waals surface area contributed by atoms with E-state index in [0.717, 1.165) is 24.9 Å². The van der Waals surface area contributed by atoms with Crippen LogP contribution in [0.2, 0.25) is 0 Å². The molecule has 3 rings (SSSR count). The van der Waals surface area contributed by atoms with Gasteiger partial charge >= 0.3 is 0 Å². The Morgan fingerprint density at radius 1 is 1.11 bits per heavy atom. The monoisotopic (exact) mass is 369 g/mol. The first-order valence-corrected chi connectivity index (χ1v) is 9.56. The van der Waals surface area contributed by atoms with Gasteiger partial charge in [0.15, 0.2) is 0 Å². The number of hydrogen-bond acceptors (Lipinski definition) is 3. The summed E-state index contributed by atoms with van der Waals surface area (Å²) in [5.74, 6) is 0.858. The van der Waals surface area contributed by atoms with E-state index in [2.05, 4.69) is 19.2 Å². The van der Waals surface area contributed by atoms with Crippen molar-refractivity contribution in [3.63, 3.8) is 0 Å². The van der Waals surface area contributed by atoms with Crippen molar-refractivity contribution in [2.24, 2.45) is 11.8 Å². The summed E-state index contributed by atoms with van der Waals surface area (Å²) in [4.78, 5) is 38.9. The second-order valence-corrected chi connectivity index (χ2v) is 7.68. The minimum absolute atomic E-state index is 0.0460. The molecule has 0 saturated carbocycles. The molecule has 1 saturated heterocycles. The maximum absolute atomic E-state index is 12.4.